The molecule has 0 N–H and O–H groups in total. The second kappa shape index (κ2) is 11.7. The van der Waals surface area contributed by atoms with Gasteiger partial charge in [0, 0.05) is 18.8 Å². The first-order valence-electron chi connectivity index (χ1n) is 12.2. The van der Waals surface area contributed by atoms with Crippen LogP contribution in [-0.2, 0) is 13.1 Å². The van der Waals surface area contributed by atoms with Gasteiger partial charge in [-0.05, 0) is 53.1 Å². The van der Waals surface area contributed by atoms with Crippen LogP contribution in [0.4, 0.5) is 17.1 Å². The van der Waals surface area contributed by atoms with Crippen LogP contribution in [0.2, 0.25) is 0 Å². The van der Waals surface area contributed by atoms with Crippen LogP contribution in [0.1, 0.15) is 16.7 Å². The van der Waals surface area contributed by atoms with Gasteiger partial charge in [-0.25, -0.2) is 5.01 Å². The maximum Gasteiger partial charge on any atom is 0.0652 e. The summed E-state index contributed by atoms with van der Waals surface area (Å²) < 4.78 is 0. The van der Waals surface area contributed by atoms with Gasteiger partial charge in [-0.1, -0.05) is 109 Å². The summed E-state index contributed by atoms with van der Waals surface area (Å²) in [6.07, 6.45) is 1.92. The summed E-state index contributed by atoms with van der Waals surface area (Å²) in [6.45, 7) is 1.69. The van der Waals surface area contributed by atoms with E-state index in [1.165, 1.54) is 16.8 Å². The summed E-state index contributed by atoms with van der Waals surface area (Å²) >= 11 is 0. The van der Waals surface area contributed by atoms with Crippen molar-refractivity contribution >= 4 is 23.3 Å². The Morgan fingerprint density at radius 2 is 0.861 bits per heavy atom. The molecule has 0 aliphatic rings. The number of benzene rings is 5. The van der Waals surface area contributed by atoms with Gasteiger partial charge in [0.1, 0.15) is 0 Å². The van der Waals surface area contributed by atoms with Gasteiger partial charge in [0.2, 0.25) is 0 Å². The Labute approximate surface area is 213 Å². The van der Waals surface area contributed by atoms with Gasteiger partial charge in [-0.2, -0.15) is 5.10 Å². The van der Waals surface area contributed by atoms with Gasteiger partial charge < -0.3 is 4.90 Å². The topological polar surface area (TPSA) is 18.8 Å². The van der Waals surface area contributed by atoms with Gasteiger partial charge >= 0.3 is 0 Å². The normalized spacial score (nSPS) is 10.9. The van der Waals surface area contributed by atoms with E-state index in [1.54, 1.807) is 0 Å². The van der Waals surface area contributed by atoms with E-state index < -0.39 is 0 Å². The van der Waals surface area contributed by atoms with Gasteiger partial charge in [0.25, 0.3) is 0 Å². The molecule has 3 nitrogen and oxygen atoms in total. The summed E-state index contributed by atoms with van der Waals surface area (Å²) in [4.78, 5) is 2.41. The van der Waals surface area contributed by atoms with Crippen molar-refractivity contribution in [2.75, 3.05) is 9.91 Å². The van der Waals surface area contributed by atoms with Crippen LogP contribution < -0.4 is 9.91 Å². The molecule has 0 aliphatic carbocycles. The molecule has 5 aromatic carbocycles. The van der Waals surface area contributed by atoms with E-state index in [2.05, 4.69) is 114 Å². The minimum atomic E-state index is 0.846. The Morgan fingerprint density at radius 3 is 1.31 bits per heavy atom. The van der Waals surface area contributed by atoms with Crippen LogP contribution in [-0.4, -0.2) is 6.21 Å². The quantitative estimate of drug-likeness (QED) is 0.161. The van der Waals surface area contributed by atoms with E-state index in [1.807, 2.05) is 47.6 Å². The lowest BCUT2D eigenvalue weighted by Gasteiger charge is -2.25. The monoisotopic (exact) mass is 467 g/mol. The molecule has 0 aromatic heterocycles. The van der Waals surface area contributed by atoms with Crippen LogP contribution >= 0.6 is 0 Å². The van der Waals surface area contributed by atoms with Crippen molar-refractivity contribution in [2.45, 2.75) is 13.1 Å². The molecule has 0 radical (unpaired) electrons. The lowest BCUT2D eigenvalue weighted by atomic mass is 10.1. The molecule has 176 valence electrons. The predicted molar refractivity (Wildman–Crippen MR) is 152 cm³/mol. The molecule has 0 spiro atoms. The van der Waals surface area contributed by atoms with E-state index in [0.717, 1.165) is 30.0 Å². The highest BCUT2D eigenvalue weighted by molar-refractivity contribution is 5.82. The Balaban J connectivity index is 1.38. The molecular weight excluding hydrogens is 438 g/mol. The number of anilines is 3. The van der Waals surface area contributed by atoms with Crippen LogP contribution in [0, 0.1) is 0 Å². The fourth-order valence-corrected chi connectivity index (χ4v) is 4.16. The first-order valence-corrected chi connectivity index (χ1v) is 12.2. The second-order valence-corrected chi connectivity index (χ2v) is 8.65. The molecule has 5 aromatic rings. The fraction of sp³-hybridized carbons (Fsp3) is 0.0606. The van der Waals surface area contributed by atoms with Crippen LogP contribution in [0.25, 0.3) is 0 Å². The highest BCUT2D eigenvalue weighted by Crippen LogP contribution is 2.26. The predicted octanol–water partition coefficient (Wildman–Crippen LogP) is 8.07. The second-order valence-electron chi connectivity index (χ2n) is 8.65. The van der Waals surface area contributed by atoms with Crippen molar-refractivity contribution in [3.8, 4) is 0 Å². The Bertz CT molecular complexity index is 1270. The summed E-state index contributed by atoms with van der Waals surface area (Å²) in [5, 5.41) is 6.80. The number of para-hydroxylation sites is 2. The van der Waals surface area contributed by atoms with Crippen molar-refractivity contribution in [1.82, 2.24) is 0 Å². The number of rotatable bonds is 9. The number of nitrogens with zero attached hydrogens (tertiary/aromatic N) is 3. The molecule has 0 fully saturated rings. The van der Waals surface area contributed by atoms with Gasteiger partial charge in [0.15, 0.2) is 0 Å². The third-order valence-corrected chi connectivity index (χ3v) is 6.01. The molecular formula is C33H29N3. The minimum Gasteiger partial charge on any atom is -0.363 e. The molecule has 0 heterocycles. The molecule has 0 aliphatic heterocycles. The summed E-state index contributed by atoms with van der Waals surface area (Å²) in [6, 6.07) is 50.3. The molecule has 0 atom stereocenters. The molecule has 0 bridgehead atoms. The van der Waals surface area contributed by atoms with Gasteiger partial charge in [-0.15, -0.1) is 0 Å². The van der Waals surface area contributed by atoms with E-state index in [0.29, 0.717) is 0 Å². The lowest BCUT2D eigenvalue weighted by Crippen LogP contribution is -2.22. The SMILES string of the molecule is C(=N/N(c1ccccc1)c1ccccc1)/c1ccc(N(Cc2ccccc2)Cc2ccccc2)cc1. The minimum absolute atomic E-state index is 0.846. The number of hydrogen-bond donors (Lipinski definition) is 0. The molecule has 0 saturated carbocycles. The van der Waals surface area contributed by atoms with Crippen molar-refractivity contribution in [2.24, 2.45) is 5.10 Å². The molecule has 36 heavy (non-hydrogen) atoms. The van der Waals surface area contributed by atoms with Crippen LogP contribution in [0.15, 0.2) is 151 Å². The largest absolute Gasteiger partial charge is 0.363 e. The van der Waals surface area contributed by atoms with Gasteiger partial charge in [-0.3, -0.25) is 0 Å². The maximum atomic E-state index is 4.84. The Kier molecular flexibility index (Phi) is 7.50. The zero-order chi connectivity index (χ0) is 24.4. The van der Waals surface area contributed by atoms with Crippen molar-refractivity contribution in [3.63, 3.8) is 0 Å². The maximum absolute atomic E-state index is 4.84. The van der Waals surface area contributed by atoms with Crippen LogP contribution in [0.3, 0.4) is 0 Å². The summed E-state index contributed by atoms with van der Waals surface area (Å²) in [5.74, 6) is 0. The van der Waals surface area contributed by atoms with E-state index in [4.69, 9.17) is 5.10 Å². The number of hydrogen-bond acceptors (Lipinski definition) is 3. The van der Waals surface area contributed by atoms with Gasteiger partial charge in [0.05, 0.1) is 17.6 Å². The number of hydrazone groups is 1. The summed E-state index contributed by atoms with van der Waals surface area (Å²) in [7, 11) is 0. The standard InChI is InChI=1S/C33H29N3/c1-5-13-29(14-6-1)26-35(27-30-15-7-2-8-16-30)31-23-21-28(22-24-31)25-34-36(32-17-9-3-10-18-32)33-19-11-4-12-20-33/h1-25H,26-27H2/b34-25-. The molecule has 0 unspecified atom stereocenters. The molecule has 5 rings (SSSR count). The van der Waals surface area contributed by atoms with Crippen molar-refractivity contribution in [3.05, 3.63) is 162 Å². The van der Waals surface area contributed by atoms with E-state index in [9.17, 15) is 0 Å². The lowest BCUT2D eigenvalue weighted by molar-refractivity contribution is 0.800. The fourth-order valence-electron chi connectivity index (χ4n) is 4.16. The third-order valence-electron chi connectivity index (χ3n) is 6.01. The van der Waals surface area contributed by atoms with Crippen molar-refractivity contribution in [1.29, 1.82) is 0 Å². The van der Waals surface area contributed by atoms with Crippen molar-refractivity contribution < 1.29 is 0 Å². The molecule has 0 saturated heterocycles. The first-order chi connectivity index (χ1) is 17.8. The highest BCUT2D eigenvalue weighted by atomic mass is 15.5. The Hall–Kier alpha value is -4.63. The van der Waals surface area contributed by atoms with Crippen LogP contribution in [0.5, 0.6) is 0 Å². The zero-order valence-corrected chi connectivity index (χ0v) is 20.2. The molecule has 0 amide bonds. The third kappa shape index (κ3) is 6.08. The van der Waals surface area contributed by atoms with E-state index >= 15 is 0 Å². The smallest absolute Gasteiger partial charge is 0.0652 e. The zero-order valence-electron chi connectivity index (χ0n) is 20.2. The average Bonchev–Trinajstić information content (AvgIpc) is 2.95. The van der Waals surface area contributed by atoms with E-state index in [-0.39, 0.29) is 0 Å². The first kappa shape index (κ1) is 23.1. The molecule has 3 heteroatoms. The average molecular weight is 468 g/mol. The highest BCUT2D eigenvalue weighted by Gasteiger charge is 2.10. The summed E-state index contributed by atoms with van der Waals surface area (Å²) in [5.41, 5.74) is 6.86. The Morgan fingerprint density at radius 1 is 0.444 bits per heavy atom.